The van der Waals surface area contributed by atoms with E-state index in [-0.39, 0.29) is 0 Å². The number of ether oxygens (including phenoxy) is 2. The van der Waals surface area contributed by atoms with Gasteiger partial charge in [0.2, 0.25) is 0 Å². The van der Waals surface area contributed by atoms with Crippen LogP contribution < -0.4 is 9.47 Å². The second-order valence-electron chi connectivity index (χ2n) is 15.5. The zero-order valence-electron chi connectivity index (χ0n) is 32.9. The van der Waals surface area contributed by atoms with Gasteiger partial charge in [-0.2, -0.15) is 0 Å². The molecule has 0 N–H and O–H groups in total. The van der Waals surface area contributed by atoms with Crippen LogP contribution >= 0.6 is 0 Å². The van der Waals surface area contributed by atoms with Gasteiger partial charge in [-0.15, -0.1) is 0 Å². The highest BCUT2D eigenvalue weighted by molar-refractivity contribution is 5.96. The van der Waals surface area contributed by atoms with Gasteiger partial charge in [-0.05, 0) is 74.0 Å². The summed E-state index contributed by atoms with van der Waals surface area (Å²) in [5.41, 5.74) is 11.2. The number of fused-ring (bicyclic) bond motifs is 7. The molecule has 1 aliphatic carbocycles. The second kappa shape index (κ2) is 14.0. The van der Waals surface area contributed by atoms with Gasteiger partial charge in [-0.3, -0.25) is 0 Å². The van der Waals surface area contributed by atoms with Crippen molar-refractivity contribution in [2.45, 2.75) is 5.41 Å². The molecule has 10 aromatic rings. The van der Waals surface area contributed by atoms with E-state index in [1.54, 1.807) is 0 Å². The molecule has 12 rings (SSSR count). The van der Waals surface area contributed by atoms with E-state index < -0.39 is 5.41 Å². The molecule has 1 aromatic heterocycles. The average Bonchev–Trinajstić information content (AvgIpc) is 3.65. The largest absolute Gasteiger partial charge is 0.449 e. The number of hydrogen-bond donors (Lipinski definition) is 0. The molecule has 286 valence electrons. The van der Waals surface area contributed by atoms with Crippen LogP contribution in [0.2, 0.25) is 0 Å². The van der Waals surface area contributed by atoms with E-state index in [1.807, 2.05) is 36.4 Å². The molecular formula is C56H35N3O2. The quantitative estimate of drug-likeness (QED) is 0.168. The molecule has 0 amide bonds. The summed E-state index contributed by atoms with van der Waals surface area (Å²) < 4.78 is 13.7. The van der Waals surface area contributed by atoms with Crippen molar-refractivity contribution < 1.29 is 9.47 Å². The van der Waals surface area contributed by atoms with Gasteiger partial charge in [-0.1, -0.05) is 188 Å². The van der Waals surface area contributed by atoms with Crippen molar-refractivity contribution >= 4 is 10.8 Å². The summed E-state index contributed by atoms with van der Waals surface area (Å²) in [6.45, 7) is 0. The van der Waals surface area contributed by atoms with Crippen molar-refractivity contribution in [2.24, 2.45) is 0 Å². The first-order valence-corrected chi connectivity index (χ1v) is 20.5. The Bertz CT molecular complexity index is 3270. The van der Waals surface area contributed by atoms with Crippen molar-refractivity contribution in [3.8, 4) is 79.4 Å². The molecule has 0 radical (unpaired) electrons. The van der Waals surface area contributed by atoms with Gasteiger partial charge in [0, 0.05) is 22.3 Å². The second-order valence-corrected chi connectivity index (χ2v) is 15.5. The van der Waals surface area contributed by atoms with Crippen molar-refractivity contribution in [3.63, 3.8) is 0 Å². The summed E-state index contributed by atoms with van der Waals surface area (Å²) in [5, 5.41) is 2.22. The minimum absolute atomic E-state index is 0.543. The lowest BCUT2D eigenvalue weighted by Crippen LogP contribution is -2.28. The third kappa shape index (κ3) is 5.59. The number of rotatable bonds is 6. The SMILES string of the molecule is c1ccc(-c2nc(-c3cccc(-c4ccc5c(c4)Oc4c(ccc6c4-c4ccccc4C6(c4ccccc4)c4ccccc4)O5)c3)nc(-c3cccc4ccccc34)n2)cc1. The van der Waals surface area contributed by atoms with E-state index in [2.05, 4.69) is 176 Å². The summed E-state index contributed by atoms with van der Waals surface area (Å²) in [6, 6.07) is 73.7. The number of nitrogens with zero attached hydrogens (tertiary/aromatic N) is 3. The van der Waals surface area contributed by atoms with Crippen molar-refractivity contribution in [1.82, 2.24) is 15.0 Å². The minimum atomic E-state index is -0.543. The molecule has 0 atom stereocenters. The van der Waals surface area contributed by atoms with E-state index in [9.17, 15) is 0 Å². The molecule has 2 heterocycles. The molecule has 0 saturated carbocycles. The highest BCUT2D eigenvalue weighted by atomic mass is 16.6. The Morgan fingerprint density at radius 2 is 0.918 bits per heavy atom. The van der Waals surface area contributed by atoms with Gasteiger partial charge >= 0.3 is 0 Å². The molecule has 0 saturated heterocycles. The highest BCUT2D eigenvalue weighted by Crippen LogP contribution is 2.62. The Morgan fingerprint density at radius 3 is 1.72 bits per heavy atom. The van der Waals surface area contributed by atoms with Crippen molar-refractivity contribution in [2.75, 3.05) is 0 Å². The molecule has 9 aromatic carbocycles. The lowest BCUT2D eigenvalue weighted by Gasteiger charge is -2.34. The number of benzene rings is 9. The fraction of sp³-hybridized carbons (Fsp3) is 0.0179. The maximum absolute atomic E-state index is 7.03. The summed E-state index contributed by atoms with van der Waals surface area (Å²) in [4.78, 5) is 15.2. The van der Waals surface area contributed by atoms with E-state index in [1.165, 1.54) is 16.7 Å². The summed E-state index contributed by atoms with van der Waals surface area (Å²) in [7, 11) is 0. The number of hydrogen-bond acceptors (Lipinski definition) is 5. The fourth-order valence-electron chi connectivity index (χ4n) is 9.34. The minimum Gasteiger partial charge on any atom is -0.449 e. The maximum atomic E-state index is 7.03. The van der Waals surface area contributed by atoms with Crippen LogP contribution in [0, 0.1) is 0 Å². The van der Waals surface area contributed by atoms with E-state index in [4.69, 9.17) is 24.4 Å². The smallest absolute Gasteiger partial charge is 0.178 e. The van der Waals surface area contributed by atoms with Crippen molar-refractivity contribution in [3.05, 3.63) is 235 Å². The monoisotopic (exact) mass is 781 g/mol. The number of aromatic nitrogens is 3. The molecule has 61 heavy (non-hydrogen) atoms. The first-order valence-electron chi connectivity index (χ1n) is 20.5. The van der Waals surface area contributed by atoms with Crippen LogP contribution in [-0.4, -0.2) is 15.0 Å². The van der Waals surface area contributed by atoms with Crippen molar-refractivity contribution in [1.29, 1.82) is 0 Å². The van der Waals surface area contributed by atoms with Crippen LogP contribution in [-0.2, 0) is 5.41 Å². The molecular weight excluding hydrogens is 747 g/mol. The molecule has 0 spiro atoms. The fourth-order valence-corrected chi connectivity index (χ4v) is 9.34. The van der Waals surface area contributed by atoms with Gasteiger partial charge in [0.25, 0.3) is 0 Å². The predicted molar refractivity (Wildman–Crippen MR) is 243 cm³/mol. The molecule has 0 fully saturated rings. The van der Waals surface area contributed by atoms with Gasteiger partial charge in [-0.25, -0.2) is 15.0 Å². The summed E-state index contributed by atoms with van der Waals surface area (Å²) in [5.74, 6) is 4.58. The standard InChI is InChI=1S/C56H35N3O2/c1-4-17-37(18-5-1)53-57-54(59-55(58-53)44-28-15-19-36-16-10-11-26-43(36)44)40-21-14-20-38(34-40)39-30-32-48-50(35-39)61-52-49(60-48)33-31-47-51(52)45-27-12-13-29-46(45)56(47,41-22-6-2-7-23-41)42-24-8-3-9-25-42/h1-35H. The molecule has 5 nitrogen and oxygen atoms in total. The Balaban J connectivity index is 0.962. The lowest BCUT2D eigenvalue weighted by molar-refractivity contribution is 0.360. The van der Waals surface area contributed by atoms with Crippen LogP contribution in [0.15, 0.2) is 212 Å². The Hall–Kier alpha value is -8.15. The Kier molecular flexibility index (Phi) is 8.00. The summed E-state index contributed by atoms with van der Waals surface area (Å²) in [6.07, 6.45) is 0. The van der Waals surface area contributed by atoms with Gasteiger partial charge < -0.3 is 9.47 Å². The normalized spacial score (nSPS) is 13.0. The van der Waals surface area contributed by atoms with Crippen LogP contribution in [0.3, 0.4) is 0 Å². The zero-order chi connectivity index (χ0) is 40.3. The maximum Gasteiger partial charge on any atom is 0.178 e. The van der Waals surface area contributed by atoms with E-state index >= 15 is 0 Å². The van der Waals surface area contributed by atoms with Gasteiger partial charge in [0.15, 0.2) is 40.5 Å². The van der Waals surface area contributed by atoms with E-state index in [0.717, 1.165) is 61.0 Å². The third-order valence-corrected chi connectivity index (χ3v) is 12.1. The first kappa shape index (κ1) is 34.9. The highest BCUT2D eigenvalue weighted by Gasteiger charge is 2.48. The van der Waals surface area contributed by atoms with Gasteiger partial charge in [0.05, 0.1) is 5.41 Å². The topological polar surface area (TPSA) is 57.1 Å². The predicted octanol–water partition coefficient (Wildman–Crippen LogP) is 14.0. The zero-order valence-corrected chi connectivity index (χ0v) is 32.9. The van der Waals surface area contributed by atoms with Crippen LogP contribution in [0.25, 0.3) is 67.2 Å². The Labute approximate surface area is 353 Å². The molecule has 0 bridgehead atoms. The third-order valence-electron chi connectivity index (χ3n) is 12.1. The lowest BCUT2D eigenvalue weighted by atomic mass is 9.68. The summed E-state index contributed by atoms with van der Waals surface area (Å²) >= 11 is 0. The van der Waals surface area contributed by atoms with Crippen LogP contribution in [0.4, 0.5) is 0 Å². The first-order chi connectivity index (χ1) is 30.2. The van der Waals surface area contributed by atoms with Gasteiger partial charge in [0.1, 0.15) is 0 Å². The average molecular weight is 782 g/mol. The molecule has 5 heteroatoms. The van der Waals surface area contributed by atoms with E-state index in [0.29, 0.717) is 34.7 Å². The van der Waals surface area contributed by atoms with Crippen LogP contribution in [0.5, 0.6) is 23.0 Å². The Morgan fingerprint density at radius 1 is 0.344 bits per heavy atom. The molecule has 0 unspecified atom stereocenters. The molecule has 2 aliphatic rings. The van der Waals surface area contributed by atoms with Crippen LogP contribution in [0.1, 0.15) is 22.3 Å². The molecule has 1 aliphatic heterocycles.